The Morgan fingerprint density at radius 1 is 1.06 bits per heavy atom. The molecule has 1 aliphatic heterocycles. The van der Waals surface area contributed by atoms with Crippen molar-refractivity contribution >= 4 is 11.9 Å². The number of aliphatic carboxylic acids is 1. The number of carboxylic acid groups (broad SMARTS) is 1. The summed E-state index contributed by atoms with van der Waals surface area (Å²) in [6, 6.07) is 9.33. The largest absolute Gasteiger partial charge is 0.493 e. The topological polar surface area (TPSA) is 94.1 Å². The molecule has 1 fully saturated rings. The van der Waals surface area contributed by atoms with Gasteiger partial charge in [0, 0.05) is 23.1 Å². The second kappa shape index (κ2) is 9.57. The van der Waals surface area contributed by atoms with Crippen LogP contribution in [0.4, 0.5) is 0 Å². The number of ether oxygens (including phenoxy) is 3. The Morgan fingerprint density at radius 2 is 1.76 bits per heavy atom. The number of hydrogen-bond acceptors (Lipinski definition) is 5. The molecule has 2 N–H and O–H groups in total. The van der Waals surface area contributed by atoms with Gasteiger partial charge in [-0.25, -0.2) is 0 Å². The van der Waals surface area contributed by atoms with Gasteiger partial charge in [-0.3, -0.25) is 9.59 Å². The van der Waals surface area contributed by atoms with E-state index in [0.717, 1.165) is 42.4 Å². The molecule has 2 aliphatic rings. The lowest BCUT2D eigenvalue weighted by molar-refractivity contribution is -0.149. The SMILES string of the molecule is COc1ccc(-c2cccc3c2CNC3=O)c(OCC(C)(C)C(C(=O)O)C2CCCC2)c1OC. The van der Waals surface area contributed by atoms with Gasteiger partial charge in [-0.15, -0.1) is 0 Å². The summed E-state index contributed by atoms with van der Waals surface area (Å²) in [5.41, 5.74) is 2.58. The minimum atomic E-state index is -0.774. The van der Waals surface area contributed by atoms with E-state index in [1.165, 1.54) is 0 Å². The number of rotatable bonds is 9. The number of methoxy groups -OCH3 is 2. The van der Waals surface area contributed by atoms with Crippen LogP contribution in [0.15, 0.2) is 30.3 Å². The van der Waals surface area contributed by atoms with Gasteiger partial charge in [-0.2, -0.15) is 0 Å². The van der Waals surface area contributed by atoms with Crippen molar-refractivity contribution in [3.8, 4) is 28.4 Å². The number of carbonyl (C=O) groups excluding carboxylic acids is 1. The van der Waals surface area contributed by atoms with E-state index in [9.17, 15) is 14.7 Å². The molecule has 0 radical (unpaired) electrons. The second-order valence-corrected chi connectivity index (χ2v) is 9.83. The lowest BCUT2D eigenvalue weighted by atomic mass is 9.71. The van der Waals surface area contributed by atoms with Gasteiger partial charge < -0.3 is 24.6 Å². The molecule has 0 aromatic heterocycles. The van der Waals surface area contributed by atoms with Crippen LogP contribution in [0.1, 0.15) is 55.5 Å². The summed E-state index contributed by atoms with van der Waals surface area (Å²) < 4.78 is 17.6. The molecule has 0 saturated heterocycles. The van der Waals surface area contributed by atoms with Gasteiger partial charge in [0.2, 0.25) is 5.75 Å². The molecule has 1 saturated carbocycles. The van der Waals surface area contributed by atoms with Crippen molar-refractivity contribution in [2.75, 3.05) is 20.8 Å². The van der Waals surface area contributed by atoms with Gasteiger partial charge in [0.25, 0.3) is 5.91 Å². The van der Waals surface area contributed by atoms with Crippen molar-refractivity contribution in [1.29, 1.82) is 0 Å². The number of nitrogens with one attached hydrogen (secondary N) is 1. The second-order valence-electron chi connectivity index (χ2n) is 9.83. The first-order valence-corrected chi connectivity index (χ1v) is 11.8. The smallest absolute Gasteiger partial charge is 0.307 e. The van der Waals surface area contributed by atoms with Gasteiger partial charge in [-0.05, 0) is 48.1 Å². The summed E-state index contributed by atoms with van der Waals surface area (Å²) in [7, 11) is 3.12. The third-order valence-electron chi connectivity index (χ3n) is 7.20. The van der Waals surface area contributed by atoms with E-state index >= 15 is 0 Å². The minimum Gasteiger partial charge on any atom is -0.493 e. The molecule has 2 aromatic carbocycles. The third kappa shape index (κ3) is 4.31. The van der Waals surface area contributed by atoms with E-state index in [2.05, 4.69) is 5.32 Å². The molecule has 1 heterocycles. The Morgan fingerprint density at radius 3 is 2.41 bits per heavy atom. The minimum absolute atomic E-state index is 0.0956. The number of fused-ring (bicyclic) bond motifs is 1. The maximum absolute atomic E-state index is 12.3. The predicted molar refractivity (Wildman–Crippen MR) is 129 cm³/mol. The summed E-state index contributed by atoms with van der Waals surface area (Å²) in [6.45, 7) is 4.55. The molecule has 7 nitrogen and oxygen atoms in total. The molecule has 2 aromatic rings. The molecular weight excluding hydrogens is 434 g/mol. The van der Waals surface area contributed by atoms with Crippen LogP contribution < -0.4 is 19.5 Å². The number of amides is 1. The van der Waals surface area contributed by atoms with Crippen LogP contribution in [0.5, 0.6) is 17.2 Å². The van der Waals surface area contributed by atoms with E-state index in [0.29, 0.717) is 29.4 Å². The summed E-state index contributed by atoms with van der Waals surface area (Å²) in [6.07, 6.45) is 4.02. The van der Waals surface area contributed by atoms with E-state index in [1.807, 2.05) is 44.2 Å². The lowest BCUT2D eigenvalue weighted by Crippen LogP contribution is -2.40. The van der Waals surface area contributed by atoms with Crippen LogP contribution in [0.25, 0.3) is 11.1 Å². The van der Waals surface area contributed by atoms with Crippen LogP contribution in [0, 0.1) is 17.3 Å². The summed E-state index contributed by atoms with van der Waals surface area (Å²) in [5, 5.41) is 13.0. The fourth-order valence-corrected chi connectivity index (χ4v) is 5.57. The van der Waals surface area contributed by atoms with Crippen molar-refractivity contribution < 1.29 is 28.9 Å². The molecule has 1 aliphatic carbocycles. The van der Waals surface area contributed by atoms with Crippen molar-refractivity contribution in [3.05, 3.63) is 41.5 Å². The molecule has 4 rings (SSSR count). The highest BCUT2D eigenvalue weighted by Crippen LogP contribution is 2.48. The van der Waals surface area contributed by atoms with Crippen LogP contribution in [-0.2, 0) is 11.3 Å². The van der Waals surface area contributed by atoms with E-state index in [1.54, 1.807) is 14.2 Å². The van der Waals surface area contributed by atoms with Crippen LogP contribution >= 0.6 is 0 Å². The summed E-state index contributed by atoms with van der Waals surface area (Å²) in [5.74, 6) is 0.226. The molecular formula is C27H33NO6. The van der Waals surface area contributed by atoms with Crippen molar-refractivity contribution in [3.63, 3.8) is 0 Å². The fourth-order valence-electron chi connectivity index (χ4n) is 5.57. The number of benzene rings is 2. The maximum Gasteiger partial charge on any atom is 0.307 e. The summed E-state index contributed by atoms with van der Waals surface area (Å²) in [4.78, 5) is 24.5. The van der Waals surface area contributed by atoms with Gasteiger partial charge in [-0.1, -0.05) is 38.8 Å². The highest BCUT2D eigenvalue weighted by molar-refractivity contribution is 6.01. The van der Waals surface area contributed by atoms with Gasteiger partial charge in [0.05, 0.1) is 26.7 Å². The predicted octanol–water partition coefficient (Wildman–Crippen LogP) is 4.91. The molecule has 1 amide bonds. The normalized spacial score (nSPS) is 16.6. The average molecular weight is 468 g/mol. The van der Waals surface area contributed by atoms with E-state index < -0.39 is 17.3 Å². The molecule has 34 heavy (non-hydrogen) atoms. The highest BCUT2D eigenvalue weighted by Gasteiger charge is 2.43. The van der Waals surface area contributed by atoms with Crippen LogP contribution in [0.3, 0.4) is 0 Å². The van der Waals surface area contributed by atoms with Gasteiger partial charge >= 0.3 is 5.97 Å². The quantitative estimate of drug-likeness (QED) is 0.544. The standard InChI is InChI=1S/C27H33NO6/c1-27(2,22(26(30)31)16-8-5-6-9-16)15-34-23-18(12-13-21(32-3)24(23)33-4)17-10-7-11-19-20(17)14-28-25(19)29/h7,10-13,16,22H,5-6,8-9,14-15H2,1-4H3,(H,28,29)(H,30,31). The lowest BCUT2D eigenvalue weighted by Gasteiger charge is -2.35. The third-order valence-corrected chi connectivity index (χ3v) is 7.20. The highest BCUT2D eigenvalue weighted by atomic mass is 16.5. The Bertz CT molecular complexity index is 1090. The molecule has 182 valence electrons. The molecule has 0 bridgehead atoms. The molecule has 7 heteroatoms. The molecule has 1 atom stereocenters. The first-order chi connectivity index (χ1) is 16.3. The monoisotopic (exact) mass is 467 g/mol. The summed E-state index contributed by atoms with van der Waals surface area (Å²) >= 11 is 0. The number of hydrogen-bond donors (Lipinski definition) is 2. The van der Waals surface area contributed by atoms with Crippen molar-refractivity contribution in [2.24, 2.45) is 17.3 Å². The number of carbonyl (C=O) groups is 2. The number of carboxylic acids is 1. The van der Waals surface area contributed by atoms with Crippen molar-refractivity contribution in [2.45, 2.75) is 46.1 Å². The van der Waals surface area contributed by atoms with Crippen molar-refractivity contribution in [1.82, 2.24) is 5.32 Å². The fraction of sp³-hybridized carbons (Fsp3) is 0.481. The Balaban J connectivity index is 1.74. The van der Waals surface area contributed by atoms with E-state index in [-0.39, 0.29) is 18.4 Å². The Labute approximate surface area is 200 Å². The first kappa shape index (κ1) is 23.9. The molecule has 1 unspecified atom stereocenters. The Hall–Kier alpha value is -3.22. The van der Waals surface area contributed by atoms with Gasteiger partial charge in [0.15, 0.2) is 11.5 Å². The van der Waals surface area contributed by atoms with Gasteiger partial charge in [0.1, 0.15) is 0 Å². The zero-order chi connectivity index (χ0) is 24.5. The van der Waals surface area contributed by atoms with E-state index in [4.69, 9.17) is 14.2 Å². The van der Waals surface area contributed by atoms with Crippen LogP contribution in [-0.4, -0.2) is 37.8 Å². The Kier molecular flexibility index (Phi) is 6.73. The maximum atomic E-state index is 12.3. The average Bonchev–Trinajstić information content (AvgIpc) is 3.46. The zero-order valence-corrected chi connectivity index (χ0v) is 20.3. The first-order valence-electron chi connectivity index (χ1n) is 11.8. The zero-order valence-electron chi connectivity index (χ0n) is 20.3. The molecule has 0 spiro atoms. The van der Waals surface area contributed by atoms with Crippen LogP contribution in [0.2, 0.25) is 0 Å².